The van der Waals surface area contributed by atoms with Crippen LogP contribution < -0.4 is 5.32 Å². The van der Waals surface area contributed by atoms with E-state index in [9.17, 15) is 0 Å². The van der Waals surface area contributed by atoms with Crippen molar-refractivity contribution in [2.24, 2.45) is 17.8 Å². The Bertz CT molecular complexity index is 411. The van der Waals surface area contributed by atoms with Gasteiger partial charge in [0.05, 0.1) is 8.67 Å². The molecule has 0 amide bonds. The second-order valence-corrected chi connectivity index (χ2v) is 8.03. The van der Waals surface area contributed by atoms with E-state index < -0.39 is 0 Å². The van der Waals surface area contributed by atoms with Gasteiger partial charge in [0.2, 0.25) is 0 Å². The largest absolute Gasteiger partial charge is 0.310 e. The Morgan fingerprint density at radius 2 is 1.89 bits per heavy atom. The van der Waals surface area contributed by atoms with Crippen LogP contribution in [0.2, 0.25) is 8.67 Å². The van der Waals surface area contributed by atoms with Gasteiger partial charge in [-0.05, 0) is 68.5 Å². The summed E-state index contributed by atoms with van der Waals surface area (Å²) in [5, 5.41) is 3.66. The zero-order valence-electron chi connectivity index (χ0n) is 10.6. The van der Waals surface area contributed by atoms with Gasteiger partial charge in [0.1, 0.15) is 0 Å². The van der Waals surface area contributed by atoms with E-state index in [0.29, 0.717) is 6.04 Å². The summed E-state index contributed by atoms with van der Waals surface area (Å²) >= 11 is 13.7. The Hall–Kier alpha value is 0.240. The van der Waals surface area contributed by atoms with Crippen LogP contribution in [0.5, 0.6) is 0 Å². The lowest BCUT2D eigenvalue weighted by molar-refractivity contribution is 0.362. The molecule has 0 aromatic carbocycles. The van der Waals surface area contributed by atoms with Crippen LogP contribution in [-0.4, -0.2) is 6.54 Å². The third kappa shape index (κ3) is 3.04. The summed E-state index contributed by atoms with van der Waals surface area (Å²) in [4.78, 5) is 0. The number of hydrogen-bond acceptors (Lipinski definition) is 2. The lowest BCUT2D eigenvalue weighted by atomic mass is 9.97. The number of halogens is 2. The molecule has 3 rings (SSSR count). The van der Waals surface area contributed by atoms with Crippen LogP contribution in [0.25, 0.3) is 0 Å². The first kappa shape index (κ1) is 13.2. The van der Waals surface area contributed by atoms with E-state index in [-0.39, 0.29) is 0 Å². The van der Waals surface area contributed by atoms with Crippen LogP contribution in [0.1, 0.15) is 44.2 Å². The van der Waals surface area contributed by atoms with Crippen molar-refractivity contribution in [2.45, 2.75) is 38.6 Å². The third-order valence-electron chi connectivity index (χ3n) is 4.26. The summed E-state index contributed by atoms with van der Waals surface area (Å²) in [6, 6.07) is 2.30. The zero-order valence-corrected chi connectivity index (χ0v) is 12.9. The predicted molar refractivity (Wildman–Crippen MR) is 79.7 cm³/mol. The van der Waals surface area contributed by atoms with Gasteiger partial charge in [-0.2, -0.15) is 0 Å². The molecule has 2 fully saturated rings. The van der Waals surface area contributed by atoms with Crippen molar-refractivity contribution >= 4 is 34.5 Å². The molecule has 0 bridgehead atoms. The summed E-state index contributed by atoms with van der Waals surface area (Å²) < 4.78 is 1.61. The fourth-order valence-corrected chi connectivity index (χ4v) is 4.48. The van der Waals surface area contributed by atoms with Crippen LogP contribution in [0.4, 0.5) is 0 Å². The molecule has 1 aromatic heterocycles. The second kappa shape index (κ2) is 5.32. The van der Waals surface area contributed by atoms with Crippen LogP contribution in [0.3, 0.4) is 0 Å². The molecule has 2 aliphatic rings. The number of hydrogen-bond donors (Lipinski definition) is 1. The molecule has 0 aliphatic heterocycles. The van der Waals surface area contributed by atoms with Gasteiger partial charge in [0, 0.05) is 6.04 Å². The SMILES string of the molecule is CC(NCC(C1CC1)C1CC1)c1cc(Cl)sc1Cl. The molecule has 1 nitrogen and oxygen atoms in total. The molecule has 2 saturated carbocycles. The average Bonchev–Trinajstić information content (AvgIpc) is 3.19. The van der Waals surface area contributed by atoms with Crippen molar-refractivity contribution in [3.05, 3.63) is 20.3 Å². The summed E-state index contributed by atoms with van der Waals surface area (Å²) in [7, 11) is 0. The highest BCUT2D eigenvalue weighted by Gasteiger charge is 2.41. The number of thiophene rings is 1. The topological polar surface area (TPSA) is 12.0 Å². The van der Waals surface area contributed by atoms with Crippen molar-refractivity contribution in [3.8, 4) is 0 Å². The average molecular weight is 304 g/mol. The maximum Gasteiger partial charge on any atom is 0.0991 e. The lowest BCUT2D eigenvalue weighted by Gasteiger charge is -2.20. The summed E-state index contributed by atoms with van der Waals surface area (Å²) in [5.74, 6) is 2.90. The van der Waals surface area contributed by atoms with Crippen molar-refractivity contribution < 1.29 is 0 Å². The van der Waals surface area contributed by atoms with Gasteiger partial charge in [0.15, 0.2) is 0 Å². The van der Waals surface area contributed by atoms with E-state index in [1.807, 2.05) is 6.07 Å². The molecule has 0 saturated heterocycles. The minimum absolute atomic E-state index is 0.307. The summed E-state index contributed by atoms with van der Waals surface area (Å²) in [6.45, 7) is 3.32. The Balaban J connectivity index is 1.57. The second-order valence-electron chi connectivity index (χ2n) is 5.75. The fraction of sp³-hybridized carbons (Fsp3) is 0.714. The van der Waals surface area contributed by atoms with Crippen LogP contribution >= 0.6 is 34.5 Å². The predicted octanol–water partition coefficient (Wildman–Crippen LogP) is 5.14. The van der Waals surface area contributed by atoms with E-state index in [1.54, 1.807) is 0 Å². The van der Waals surface area contributed by atoms with Gasteiger partial charge in [0.25, 0.3) is 0 Å². The van der Waals surface area contributed by atoms with Crippen LogP contribution in [-0.2, 0) is 0 Å². The standard InChI is InChI=1S/C14H19Cl2NS/c1-8(11-6-13(15)18-14(11)16)17-7-12(9-2-3-9)10-4-5-10/h6,8-10,12,17H,2-5,7H2,1H3. The van der Waals surface area contributed by atoms with Crippen molar-refractivity contribution in [1.29, 1.82) is 0 Å². The highest BCUT2D eigenvalue weighted by atomic mass is 35.5. The molecule has 1 N–H and O–H groups in total. The molecule has 1 heterocycles. The van der Waals surface area contributed by atoms with Gasteiger partial charge >= 0.3 is 0 Å². The number of rotatable bonds is 6. The fourth-order valence-electron chi connectivity index (χ4n) is 2.84. The molecule has 4 heteroatoms. The summed E-state index contributed by atoms with van der Waals surface area (Å²) in [6.07, 6.45) is 5.79. The Labute approximate surface area is 123 Å². The Morgan fingerprint density at radius 3 is 2.33 bits per heavy atom. The first-order valence-electron chi connectivity index (χ1n) is 6.83. The van der Waals surface area contributed by atoms with Crippen molar-refractivity contribution in [1.82, 2.24) is 5.32 Å². The van der Waals surface area contributed by atoms with E-state index in [4.69, 9.17) is 23.2 Å². The highest BCUT2D eigenvalue weighted by molar-refractivity contribution is 7.20. The number of nitrogens with one attached hydrogen (secondary N) is 1. The lowest BCUT2D eigenvalue weighted by Crippen LogP contribution is -2.28. The quantitative estimate of drug-likeness (QED) is 0.767. The first-order valence-corrected chi connectivity index (χ1v) is 8.40. The monoisotopic (exact) mass is 303 g/mol. The van der Waals surface area contributed by atoms with Crippen LogP contribution in [0.15, 0.2) is 6.07 Å². The molecule has 18 heavy (non-hydrogen) atoms. The molecule has 1 aromatic rings. The van der Waals surface area contributed by atoms with E-state index >= 15 is 0 Å². The van der Waals surface area contributed by atoms with Gasteiger partial charge in [-0.15, -0.1) is 11.3 Å². The maximum atomic E-state index is 6.20. The third-order valence-corrected chi connectivity index (χ3v) is 5.78. The van der Waals surface area contributed by atoms with Gasteiger partial charge < -0.3 is 5.32 Å². The van der Waals surface area contributed by atoms with Crippen molar-refractivity contribution in [2.75, 3.05) is 6.54 Å². The van der Waals surface area contributed by atoms with E-state index in [1.165, 1.54) is 37.0 Å². The molecule has 0 radical (unpaired) electrons. The summed E-state index contributed by atoms with van der Waals surface area (Å²) in [5.41, 5.74) is 1.15. The maximum absolute atomic E-state index is 6.20. The van der Waals surface area contributed by atoms with Gasteiger partial charge in [-0.3, -0.25) is 0 Å². The molecular weight excluding hydrogens is 285 g/mol. The molecular formula is C14H19Cl2NS. The molecule has 0 spiro atoms. The smallest absolute Gasteiger partial charge is 0.0991 e. The minimum atomic E-state index is 0.307. The van der Waals surface area contributed by atoms with E-state index in [2.05, 4.69) is 12.2 Å². The molecule has 100 valence electrons. The van der Waals surface area contributed by atoms with Gasteiger partial charge in [-0.25, -0.2) is 0 Å². The normalized spacial score (nSPS) is 21.6. The minimum Gasteiger partial charge on any atom is -0.310 e. The first-order chi connectivity index (χ1) is 8.65. The molecule has 1 atom stereocenters. The zero-order chi connectivity index (χ0) is 12.7. The molecule has 2 aliphatic carbocycles. The van der Waals surface area contributed by atoms with E-state index in [0.717, 1.165) is 38.5 Å². The van der Waals surface area contributed by atoms with Crippen molar-refractivity contribution in [3.63, 3.8) is 0 Å². The molecule has 1 unspecified atom stereocenters. The highest BCUT2D eigenvalue weighted by Crippen LogP contribution is 2.49. The Kier molecular flexibility index (Phi) is 3.91. The van der Waals surface area contributed by atoms with Gasteiger partial charge in [-0.1, -0.05) is 23.2 Å². The van der Waals surface area contributed by atoms with Crippen LogP contribution in [0, 0.1) is 17.8 Å². The Morgan fingerprint density at radius 1 is 1.28 bits per heavy atom.